The smallest absolute Gasteiger partial charge is 0.123 e. The molecule has 0 spiro atoms. The van der Waals surface area contributed by atoms with E-state index < -0.39 is 0 Å². The molecule has 0 aromatic heterocycles. The number of hydrogen-bond acceptors (Lipinski definition) is 2. The second kappa shape index (κ2) is 6.15. The maximum absolute atomic E-state index is 6.42. The van der Waals surface area contributed by atoms with Crippen molar-refractivity contribution in [2.24, 2.45) is 0 Å². The van der Waals surface area contributed by atoms with Gasteiger partial charge in [0.1, 0.15) is 11.4 Å². The van der Waals surface area contributed by atoms with Crippen molar-refractivity contribution in [3.63, 3.8) is 0 Å². The molecule has 1 unspecified atom stereocenters. The Labute approximate surface area is 149 Å². The molecule has 2 aliphatic heterocycles. The third-order valence-electron chi connectivity index (χ3n) is 5.69. The van der Waals surface area contributed by atoms with Gasteiger partial charge in [-0.25, -0.2) is 0 Å². The molecule has 2 aromatic rings. The Morgan fingerprint density at radius 3 is 2.46 bits per heavy atom. The molecule has 2 heterocycles. The molecular weight excluding hydrogens is 312 g/mol. The quantitative estimate of drug-likeness (QED) is 0.699. The van der Waals surface area contributed by atoms with Crippen LogP contribution >= 0.6 is 11.8 Å². The van der Waals surface area contributed by atoms with Gasteiger partial charge in [-0.15, -0.1) is 0 Å². The fourth-order valence-electron chi connectivity index (χ4n) is 3.97. The van der Waals surface area contributed by atoms with Crippen LogP contribution in [-0.2, 0) is 18.6 Å². The van der Waals surface area contributed by atoms with Crippen molar-refractivity contribution >= 4 is 11.8 Å². The molecule has 0 radical (unpaired) electrons. The van der Waals surface area contributed by atoms with Crippen LogP contribution < -0.4 is 4.74 Å². The van der Waals surface area contributed by atoms with E-state index in [4.69, 9.17) is 4.74 Å². The fraction of sp³-hybridized carbons (Fsp3) is 0.455. The Morgan fingerprint density at radius 1 is 0.917 bits per heavy atom. The summed E-state index contributed by atoms with van der Waals surface area (Å²) in [6.45, 7) is 4.74. The maximum atomic E-state index is 6.42. The zero-order chi connectivity index (χ0) is 16.6. The zero-order valence-electron chi connectivity index (χ0n) is 14.7. The average molecular weight is 339 g/mol. The highest BCUT2D eigenvalue weighted by molar-refractivity contribution is 7.99. The molecule has 0 saturated heterocycles. The normalized spacial score (nSPS) is 28.6. The first kappa shape index (κ1) is 16.1. The molecule has 4 rings (SSSR count). The second-order valence-corrected chi connectivity index (χ2v) is 9.41. The van der Waals surface area contributed by atoms with Gasteiger partial charge in [0.25, 0.3) is 0 Å². The van der Waals surface area contributed by atoms with Crippen LogP contribution in [0.25, 0.3) is 0 Å². The number of hydrogen-bond donors (Lipinski definition) is 0. The molecule has 0 amide bonds. The fourth-order valence-corrected chi connectivity index (χ4v) is 5.26. The molecule has 0 fully saturated rings. The highest BCUT2D eigenvalue weighted by Gasteiger charge is 2.36. The monoisotopic (exact) mass is 338 g/mol. The van der Waals surface area contributed by atoms with E-state index in [1.54, 1.807) is 5.56 Å². The van der Waals surface area contributed by atoms with Gasteiger partial charge in [-0.3, -0.25) is 0 Å². The molecule has 24 heavy (non-hydrogen) atoms. The van der Waals surface area contributed by atoms with Crippen LogP contribution in [0.3, 0.4) is 0 Å². The van der Waals surface area contributed by atoms with Crippen molar-refractivity contribution in [3.05, 3.63) is 65.2 Å². The van der Waals surface area contributed by atoms with Gasteiger partial charge in [-0.2, -0.15) is 11.8 Å². The lowest BCUT2D eigenvalue weighted by atomic mass is 9.84. The predicted octanol–water partition coefficient (Wildman–Crippen LogP) is 5.80. The van der Waals surface area contributed by atoms with Gasteiger partial charge in [-0.1, -0.05) is 49.4 Å². The number of ether oxygens (including phenoxy) is 1. The summed E-state index contributed by atoms with van der Waals surface area (Å²) in [5.41, 5.74) is 4.41. The third-order valence-corrected chi connectivity index (χ3v) is 7.19. The van der Waals surface area contributed by atoms with Gasteiger partial charge in [0.15, 0.2) is 0 Å². The van der Waals surface area contributed by atoms with E-state index in [0.29, 0.717) is 4.75 Å². The van der Waals surface area contributed by atoms with E-state index in [-0.39, 0.29) is 5.60 Å². The first-order valence-corrected chi connectivity index (χ1v) is 10.0. The summed E-state index contributed by atoms with van der Waals surface area (Å²) in [5.74, 6) is 2.24. The van der Waals surface area contributed by atoms with Gasteiger partial charge in [0, 0.05) is 10.5 Å². The zero-order valence-corrected chi connectivity index (χ0v) is 15.5. The van der Waals surface area contributed by atoms with Crippen molar-refractivity contribution in [3.8, 4) is 5.75 Å². The number of rotatable bonds is 3. The number of fused-ring (bicyclic) bond motifs is 2. The molecule has 2 aromatic carbocycles. The molecule has 2 atom stereocenters. The maximum Gasteiger partial charge on any atom is 0.123 e. The Morgan fingerprint density at radius 2 is 1.62 bits per heavy atom. The van der Waals surface area contributed by atoms with Gasteiger partial charge in [-0.05, 0) is 61.8 Å². The topological polar surface area (TPSA) is 9.23 Å². The van der Waals surface area contributed by atoms with E-state index >= 15 is 0 Å². The summed E-state index contributed by atoms with van der Waals surface area (Å²) in [4.78, 5) is 0. The molecule has 0 aliphatic carbocycles. The summed E-state index contributed by atoms with van der Waals surface area (Å²) in [5, 5.41) is 0. The minimum Gasteiger partial charge on any atom is -0.487 e. The highest BCUT2D eigenvalue weighted by atomic mass is 32.2. The van der Waals surface area contributed by atoms with Crippen LogP contribution in [0.2, 0.25) is 0 Å². The summed E-state index contributed by atoms with van der Waals surface area (Å²) >= 11 is 2.13. The Balaban J connectivity index is 1.44. The molecular formula is C22H26OS. The third kappa shape index (κ3) is 3.21. The van der Waals surface area contributed by atoms with E-state index in [9.17, 15) is 0 Å². The molecule has 2 aliphatic rings. The second-order valence-electron chi connectivity index (χ2n) is 7.84. The number of thioether (sulfide) groups is 1. The highest BCUT2D eigenvalue weighted by Crippen LogP contribution is 2.44. The van der Waals surface area contributed by atoms with E-state index in [1.807, 2.05) is 0 Å². The largest absolute Gasteiger partial charge is 0.487 e. The molecule has 126 valence electrons. The van der Waals surface area contributed by atoms with Crippen molar-refractivity contribution < 1.29 is 4.74 Å². The first-order chi connectivity index (χ1) is 11.6. The lowest BCUT2D eigenvalue weighted by molar-refractivity contribution is 0.0515. The van der Waals surface area contributed by atoms with Crippen LogP contribution in [0, 0.1) is 0 Å². The van der Waals surface area contributed by atoms with Crippen LogP contribution in [0.15, 0.2) is 48.5 Å². The molecule has 1 nitrogen and oxygen atoms in total. The number of para-hydroxylation sites is 1. The molecule has 0 bridgehead atoms. The van der Waals surface area contributed by atoms with Crippen molar-refractivity contribution in [1.82, 2.24) is 0 Å². The van der Waals surface area contributed by atoms with Gasteiger partial charge in [0.2, 0.25) is 0 Å². The predicted molar refractivity (Wildman–Crippen MR) is 103 cm³/mol. The Bertz CT molecular complexity index is 677. The average Bonchev–Trinajstić information content (AvgIpc) is 2.60. The lowest BCUT2D eigenvalue weighted by Gasteiger charge is -2.40. The van der Waals surface area contributed by atoms with Crippen LogP contribution in [0.4, 0.5) is 0 Å². The van der Waals surface area contributed by atoms with Gasteiger partial charge in [0.05, 0.1) is 0 Å². The standard InChI is InChI=1S/C22H26OS/c1-21(12-11-17-7-5-6-10-20(17)23-21)13-14-22(2)15-18-8-3-4-9-19(18)16-24-22/h3-10H,11-16H2,1-2H3/t21-,22?/m0/s1. The van der Waals surface area contributed by atoms with Gasteiger partial charge >= 0.3 is 0 Å². The van der Waals surface area contributed by atoms with Crippen LogP contribution in [0.5, 0.6) is 5.75 Å². The number of aryl methyl sites for hydroxylation is 1. The minimum absolute atomic E-state index is 0.0190. The Kier molecular flexibility index (Phi) is 4.12. The minimum atomic E-state index is -0.0190. The Hall–Kier alpha value is -1.41. The SMILES string of the molecule is CC1(CC[C@]2(C)CCc3ccccc3O2)Cc2ccccc2CS1. The summed E-state index contributed by atoms with van der Waals surface area (Å²) < 4.78 is 6.75. The summed E-state index contributed by atoms with van der Waals surface area (Å²) in [6, 6.07) is 17.5. The first-order valence-electron chi connectivity index (χ1n) is 9.03. The van der Waals surface area contributed by atoms with Crippen LogP contribution in [-0.4, -0.2) is 10.3 Å². The summed E-state index contributed by atoms with van der Waals surface area (Å²) in [7, 11) is 0. The number of benzene rings is 2. The lowest BCUT2D eigenvalue weighted by Crippen LogP contribution is -2.39. The van der Waals surface area contributed by atoms with Crippen molar-refractivity contribution in [2.75, 3.05) is 0 Å². The molecule has 0 saturated carbocycles. The van der Waals surface area contributed by atoms with E-state index in [2.05, 4.69) is 74.1 Å². The van der Waals surface area contributed by atoms with Crippen molar-refractivity contribution in [1.29, 1.82) is 0 Å². The molecule has 0 N–H and O–H groups in total. The van der Waals surface area contributed by atoms with Crippen LogP contribution in [0.1, 0.15) is 49.8 Å². The van der Waals surface area contributed by atoms with Crippen molar-refractivity contribution in [2.45, 2.75) is 62.1 Å². The van der Waals surface area contributed by atoms with Gasteiger partial charge < -0.3 is 4.74 Å². The summed E-state index contributed by atoms with van der Waals surface area (Å²) in [6.07, 6.45) is 5.79. The van der Waals surface area contributed by atoms with E-state index in [0.717, 1.165) is 30.8 Å². The molecule has 2 heteroatoms. The van der Waals surface area contributed by atoms with E-state index in [1.165, 1.54) is 24.0 Å².